The van der Waals surface area contributed by atoms with E-state index in [1.54, 1.807) is 6.07 Å². The number of H-pyrrole nitrogens is 2. The minimum atomic E-state index is -0.724. The van der Waals surface area contributed by atoms with Crippen LogP contribution in [0, 0.1) is 13.8 Å². The molecule has 0 saturated carbocycles. The zero-order valence-corrected chi connectivity index (χ0v) is 17.7. The third kappa shape index (κ3) is 4.66. The van der Waals surface area contributed by atoms with Gasteiger partial charge in [0.05, 0.1) is 5.69 Å². The number of nitrogens with zero attached hydrogens (tertiary/aromatic N) is 1. The minimum Gasteiger partial charge on any atom is -0.361 e. The molecule has 0 saturated heterocycles. The fourth-order valence-electron chi connectivity index (χ4n) is 3.85. The summed E-state index contributed by atoms with van der Waals surface area (Å²) in [5.74, 6) is -0.176. The van der Waals surface area contributed by atoms with E-state index in [-0.39, 0.29) is 11.8 Å². The van der Waals surface area contributed by atoms with E-state index in [9.17, 15) is 9.59 Å². The first-order valence-electron chi connectivity index (χ1n) is 10.2. The molecule has 7 nitrogen and oxygen atoms in total. The first-order valence-corrected chi connectivity index (χ1v) is 10.2. The van der Waals surface area contributed by atoms with Crippen LogP contribution in [-0.2, 0) is 16.0 Å². The second-order valence-electron chi connectivity index (χ2n) is 7.85. The number of aromatic amines is 2. The van der Waals surface area contributed by atoms with E-state index < -0.39 is 6.04 Å². The van der Waals surface area contributed by atoms with Crippen LogP contribution in [0.15, 0.2) is 54.7 Å². The normalized spacial score (nSPS) is 12.0. The number of hydrogen-bond acceptors (Lipinski definition) is 3. The Labute approximate surface area is 180 Å². The van der Waals surface area contributed by atoms with Gasteiger partial charge in [0.15, 0.2) is 5.82 Å². The number of amides is 2. The summed E-state index contributed by atoms with van der Waals surface area (Å²) in [6.45, 7) is 5.48. The van der Waals surface area contributed by atoms with Crippen LogP contribution in [0.4, 0.5) is 5.82 Å². The fourth-order valence-corrected chi connectivity index (χ4v) is 3.85. The molecule has 2 amide bonds. The van der Waals surface area contributed by atoms with Gasteiger partial charge in [0.25, 0.3) is 0 Å². The van der Waals surface area contributed by atoms with Crippen molar-refractivity contribution in [1.29, 1.82) is 0 Å². The highest BCUT2D eigenvalue weighted by Crippen LogP contribution is 2.23. The number of fused-ring (bicyclic) bond motifs is 1. The lowest BCUT2D eigenvalue weighted by atomic mass is 10.0. The van der Waals surface area contributed by atoms with Gasteiger partial charge in [-0.3, -0.25) is 14.7 Å². The number of hydrogen-bond donors (Lipinski definition) is 4. The Hall–Kier alpha value is -3.87. The Kier molecular flexibility index (Phi) is 5.58. The predicted molar refractivity (Wildman–Crippen MR) is 122 cm³/mol. The van der Waals surface area contributed by atoms with Crippen molar-refractivity contribution in [3.8, 4) is 11.3 Å². The van der Waals surface area contributed by atoms with Crippen LogP contribution in [0.25, 0.3) is 22.2 Å². The number of aromatic nitrogens is 3. The molecule has 0 aliphatic rings. The van der Waals surface area contributed by atoms with Crippen molar-refractivity contribution in [1.82, 2.24) is 20.5 Å². The van der Waals surface area contributed by atoms with E-state index in [4.69, 9.17) is 0 Å². The molecule has 1 atom stereocenters. The Morgan fingerprint density at radius 1 is 1.06 bits per heavy atom. The molecule has 4 rings (SSSR count). The maximum absolute atomic E-state index is 13.0. The topological polar surface area (TPSA) is 103 Å². The smallest absolute Gasteiger partial charge is 0.248 e. The zero-order valence-electron chi connectivity index (χ0n) is 17.7. The van der Waals surface area contributed by atoms with Gasteiger partial charge in [-0.1, -0.05) is 35.4 Å². The van der Waals surface area contributed by atoms with Crippen LogP contribution in [0.1, 0.15) is 23.6 Å². The number of para-hydroxylation sites is 1. The third-order valence-corrected chi connectivity index (χ3v) is 5.15. The molecule has 0 aliphatic carbocycles. The Balaban J connectivity index is 1.53. The van der Waals surface area contributed by atoms with E-state index in [2.05, 4.69) is 44.0 Å². The number of aryl methyl sites for hydroxylation is 2. The number of nitrogens with one attached hydrogen (secondary N) is 4. The van der Waals surface area contributed by atoms with Crippen LogP contribution in [-0.4, -0.2) is 33.0 Å². The third-order valence-electron chi connectivity index (χ3n) is 5.15. The van der Waals surface area contributed by atoms with E-state index in [1.165, 1.54) is 6.92 Å². The quantitative estimate of drug-likeness (QED) is 0.384. The van der Waals surface area contributed by atoms with Crippen LogP contribution in [0.3, 0.4) is 0 Å². The van der Waals surface area contributed by atoms with Crippen molar-refractivity contribution in [3.63, 3.8) is 0 Å². The van der Waals surface area contributed by atoms with Crippen molar-refractivity contribution in [2.24, 2.45) is 0 Å². The summed E-state index contributed by atoms with van der Waals surface area (Å²) >= 11 is 0. The van der Waals surface area contributed by atoms with Gasteiger partial charge in [-0.05, 0) is 37.6 Å². The van der Waals surface area contributed by atoms with Crippen molar-refractivity contribution < 1.29 is 9.59 Å². The molecule has 1 unspecified atom stereocenters. The first kappa shape index (κ1) is 20.4. The molecule has 31 heavy (non-hydrogen) atoms. The molecule has 2 aromatic heterocycles. The van der Waals surface area contributed by atoms with Gasteiger partial charge < -0.3 is 15.6 Å². The summed E-state index contributed by atoms with van der Waals surface area (Å²) in [4.78, 5) is 27.9. The van der Waals surface area contributed by atoms with Crippen molar-refractivity contribution in [2.45, 2.75) is 33.2 Å². The average molecular weight is 415 g/mol. The predicted octanol–water partition coefficient (Wildman–Crippen LogP) is 3.86. The van der Waals surface area contributed by atoms with Gasteiger partial charge in [-0.15, -0.1) is 0 Å². The van der Waals surface area contributed by atoms with Gasteiger partial charge in [-0.25, -0.2) is 0 Å². The molecule has 2 heterocycles. The minimum absolute atomic E-state index is 0.266. The Morgan fingerprint density at radius 2 is 1.81 bits per heavy atom. The molecule has 0 radical (unpaired) electrons. The first-order chi connectivity index (χ1) is 14.9. The summed E-state index contributed by atoms with van der Waals surface area (Å²) < 4.78 is 0. The monoisotopic (exact) mass is 415 g/mol. The fraction of sp³-hybridized carbons (Fsp3) is 0.208. The molecular formula is C24H25N5O2. The molecule has 0 bridgehead atoms. The molecule has 4 N–H and O–H groups in total. The Morgan fingerprint density at radius 3 is 2.55 bits per heavy atom. The Bertz CT molecular complexity index is 1230. The lowest BCUT2D eigenvalue weighted by Crippen LogP contribution is -2.44. The lowest BCUT2D eigenvalue weighted by Gasteiger charge is -2.16. The second-order valence-corrected chi connectivity index (χ2v) is 7.85. The maximum Gasteiger partial charge on any atom is 0.248 e. The standard InChI is InChI=1S/C24H25N5O2/c1-14-8-15(2)10-17(9-14)21-12-23(29-28-21)27-24(31)22(26-16(3)30)11-18-13-25-20-7-5-4-6-19(18)20/h4-10,12-13,22,25H,11H2,1-3H3,(H,26,30)(H2,27,28,29,31). The number of anilines is 1. The van der Waals surface area contributed by atoms with Gasteiger partial charge in [-0.2, -0.15) is 5.10 Å². The molecular weight excluding hydrogens is 390 g/mol. The average Bonchev–Trinajstić information content (AvgIpc) is 3.34. The van der Waals surface area contributed by atoms with E-state index in [1.807, 2.05) is 44.3 Å². The number of benzene rings is 2. The molecule has 7 heteroatoms. The van der Waals surface area contributed by atoms with E-state index in [0.29, 0.717) is 12.2 Å². The lowest BCUT2D eigenvalue weighted by molar-refractivity contribution is -0.125. The molecule has 0 aliphatic heterocycles. The van der Waals surface area contributed by atoms with Crippen LogP contribution in [0.5, 0.6) is 0 Å². The molecule has 4 aromatic rings. The van der Waals surface area contributed by atoms with Crippen molar-refractivity contribution in [2.75, 3.05) is 5.32 Å². The number of rotatable bonds is 6. The summed E-state index contributed by atoms with van der Waals surface area (Å²) in [6.07, 6.45) is 2.24. The van der Waals surface area contributed by atoms with Gasteiger partial charge in [0.2, 0.25) is 11.8 Å². The van der Waals surface area contributed by atoms with Crippen molar-refractivity contribution >= 4 is 28.5 Å². The van der Waals surface area contributed by atoms with Gasteiger partial charge in [0.1, 0.15) is 6.04 Å². The van der Waals surface area contributed by atoms with Gasteiger partial charge >= 0.3 is 0 Å². The highest BCUT2D eigenvalue weighted by atomic mass is 16.2. The largest absolute Gasteiger partial charge is 0.361 e. The molecule has 2 aromatic carbocycles. The van der Waals surface area contributed by atoms with Crippen LogP contribution in [0.2, 0.25) is 0 Å². The van der Waals surface area contributed by atoms with E-state index in [0.717, 1.165) is 38.9 Å². The zero-order chi connectivity index (χ0) is 22.0. The second kappa shape index (κ2) is 8.47. The summed E-state index contributed by atoms with van der Waals surface area (Å²) in [5.41, 5.74) is 6.07. The highest BCUT2D eigenvalue weighted by molar-refractivity contribution is 5.97. The van der Waals surface area contributed by atoms with E-state index >= 15 is 0 Å². The van der Waals surface area contributed by atoms with Crippen LogP contribution >= 0.6 is 0 Å². The number of carbonyl (C=O) groups is 2. The maximum atomic E-state index is 13.0. The molecule has 0 fully saturated rings. The van der Waals surface area contributed by atoms with Gasteiger partial charge in [0, 0.05) is 42.1 Å². The molecule has 0 spiro atoms. The summed E-state index contributed by atoms with van der Waals surface area (Å²) in [7, 11) is 0. The molecule has 158 valence electrons. The highest BCUT2D eigenvalue weighted by Gasteiger charge is 2.22. The number of carbonyl (C=O) groups excluding carboxylic acids is 2. The summed E-state index contributed by atoms with van der Waals surface area (Å²) in [5, 5.41) is 13.8. The van der Waals surface area contributed by atoms with Crippen LogP contribution < -0.4 is 10.6 Å². The SMILES string of the molecule is CC(=O)NC(Cc1c[nH]c2ccccc12)C(=O)Nc1cc(-c2cc(C)cc(C)c2)[nH]n1. The summed E-state index contributed by atoms with van der Waals surface area (Å²) in [6, 6.07) is 15.2. The van der Waals surface area contributed by atoms with Crippen molar-refractivity contribution in [3.05, 3.63) is 71.4 Å².